The average Bonchev–Trinajstić information content (AvgIpc) is 2.48. The molecule has 1 aliphatic rings. The predicted molar refractivity (Wildman–Crippen MR) is 85.9 cm³/mol. The largest absolute Gasteiger partial charge is 0.491 e. The van der Waals surface area contributed by atoms with Crippen molar-refractivity contribution in [2.24, 2.45) is 0 Å². The molecule has 0 atom stereocenters. The third-order valence-corrected chi connectivity index (χ3v) is 3.90. The molecule has 4 nitrogen and oxygen atoms in total. The van der Waals surface area contributed by atoms with Gasteiger partial charge in [-0.1, -0.05) is 13.0 Å². The molecule has 0 spiro atoms. The van der Waals surface area contributed by atoms with Crippen LogP contribution in [0.5, 0.6) is 5.75 Å². The molecule has 1 heterocycles. The summed E-state index contributed by atoms with van der Waals surface area (Å²) in [6, 6.07) is 6.69. The minimum absolute atomic E-state index is 0.177. The number of anilines is 1. The van der Waals surface area contributed by atoms with E-state index < -0.39 is 0 Å². The van der Waals surface area contributed by atoms with Crippen LogP contribution in [0.15, 0.2) is 18.2 Å². The Bertz CT molecular complexity index is 480. The zero-order valence-electron chi connectivity index (χ0n) is 13.3. The second-order valence-electron chi connectivity index (χ2n) is 5.77. The number of nitrogens with zero attached hydrogens (tertiary/aromatic N) is 1. The SMILES string of the molecule is CCCOc1cc(C)ccc1NC1CCN(C(C)=O)CC1. The zero-order valence-corrected chi connectivity index (χ0v) is 13.3. The van der Waals surface area contributed by atoms with Crippen LogP contribution in [0, 0.1) is 6.92 Å². The van der Waals surface area contributed by atoms with Crippen LogP contribution < -0.4 is 10.1 Å². The monoisotopic (exact) mass is 290 g/mol. The van der Waals surface area contributed by atoms with Crippen molar-refractivity contribution >= 4 is 11.6 Å². The van der Waals surface area contributed by atoms with E-state index >= 15 is 0 Å². The van der Waals surface area contributed by atoms with Crippen LogP contribution in [0.25, 0.3) is 0 Å². The highest BCUT2D eigenvalue weighted by atomic mass is 16.5. The first-order valence-electron chi connectivity index (χ1n) is 7.85. The molecular formula is C17H26N2O2. The van der Waals surface area contributed by atoms with E-state index in [4.69, 9.17) is 4.74 Å². The summed E-state index contributed by atoms with van der Waals surface area (Å²) in [5.41, 5.74) is 2.27. The first-order valence-corrected chi connectivity index (χ1v) is 7.85. The summed E-state index contributed by atoms with van der Waals surface area (Å²) in [6.07, 6.45) is 2.98. The molecule has 1 aliphatic heterocycles. The summed E-state index contributed by atoms with van der Waals surface area (Å²) in [4.78, 5) is 13.3. The highest BCUT2D eigenvalue weighted by Gasteiger charge is 2.21. The fourth-order valence-electron chi connectivity index (χ4n) is 2.64. The first kappa shape index (κ1) is 15.7. The standard InChI is InChI=1S/C17H26N2O2/c1-4-11-21-17-12-13(2)5-6-16(17)18-15-7-9-19(10-8-15)14(3)20/h5-6,12,15,18H,4,7-11H2,1-3H3. The molecule has 0 aromatic heterocycles. The van der Waals surface area contributed by atoms with E-state index in [2.05, 4.69) is 37.4 Å². The Hall–Kier alpha value is -1.71. The number of amides is 1. The highest BCUT2D eigenvalue weighted by molar-refractivity contribution is 5.73. The van der Waals surface area contributed by atoms with E-state index in [1.54, 1.807) is 6.92 Å². The second kappa shape index (κ2) is 7.34. The van der Waals surface area contributed by atoms with Crippen LogP contribution in [-0.2, 0) is 4.79 Å². The maximum atomic E-state index is 11.4. The van der Waals surface area contributed by atoms with Crippen molar-refractivity contribution in [3.05, 3.63) is 23.8 Å². The third-order valence-electron chi connectivity index (χ3n) is 3.90. The fourth-order valence-corrected chi connectivity index (χ4v) is 2.64. The summed E-state index contributed by atoms with van der Waals surface area (Å²) in [5, 5.41) is 3.58. The quantitative estimate of drug-likeness (QED) is 0.905. The molecule has 1 saturated heterocycles. The zero-order chi connectivity index (χ0) is 15.2. The molecule has 0 saturated carbocycles. The molecule has 1 N–H and O–H groups in total. The minimum atomic E-state index is 0.177. The minimum Gasteiger partial charge on any atom is -0.491 e. The Morgan fingerprint density at radius 2 is 2.10 bits per heavy atom. The lowest BCUT2D eigenvalue weighted by molar-refractivity contribution is -0.129. The number of piperidine rings is 1. The molecule has 116 valence electrons. The number of rotatable bonds is 5. The molecule has 0 unspecified atom stereocenters. The Kier molecular flexibility index (Phi) is 5.48. The molecule has 1 aromatic rings. The number of aryl methyl sites for hydroxylation is 1. The topological polar surface area (TPSA) is 41.6 Å². The summed E-state index contributed by atoms with van der Waals surface area (Å²) >= 11 is 0. The van der Waals surface area contributed by atoms with Crippen LogP contribution in [0.2, 0.25) is 0 Å². The number of carbonyl (C=O) groups is 1. The molecule has 21 heavy (non-hydrogen) atoms. The number of benzene rings is 1. The Balaban J connectivity index is 1.98. The number of ether oxygens (including phenoxy) is 1. The van der Waals surface area contributed by atoms with Gasteiger partial charge in [0.2, 0.25) is 5.91 Å². The van der Waals surface area contributed by atoms with Gasteiger partial charge in [0.15, 0.2) is 0 Å². The molecule has 0 bridgehead atoms. The predicted octanol–water partition coefficient (Wildman–Crippen LogP) is 3.21. The lowest BCUT2D eigenvalue weighted by Crippen LogP contribution is -2.41. The Morgan fingerprint density at radius 1 is 1.38 bits per heavy atom. The fraction of sp³-hybridized carbons (Fsp3) is 0.588. The van der Waals surface area contributed by atoms with E-state index in [1.807, 2.05) is 4.90 Å². The van der Waals surface area contributed by atoms with Gasteiger partial charge in [0, 0.05) is 26.1 Å². The van der Waals surface area contributed by atoms with Crippen molar-refractivity contribution in [1.82, 2.24) is 4.90 Å². The number of carbonyl (C=O) groups excluding carboxylic acids is 1. The molecule has 1 fully saturated rings. The van der Waals surface area contributed by atoms with E-state index in [0.717, 1.165) is 50.4 Å². The number of nitrogens with one attached hydrogen (secondary N) is 1. The van der Waals surface area contributed by atoms with Crippen molar-refractivity contribution in [2.75, 3.05) is 25.0 Å². The van der Waals surface area contributed by atoms with Crippen LogP contribution >= 0.6 is 0 Å². The molecule has 4 heteroatoms. The van der Waals surface area contributed by atoms with Gasteiger partial charge in [0.05, 0.1) is 12.3 Å². The van der Waals surface area contributed by atoms with Gasteiger partial charge in [-0.05, 0) is 43.9 Å². The molecule has 1 aromatic carbocycles. The smallest absolute Gasteiger partial charge is 0.219 e. The van der Waals surface area contributed by atoms with Gasteiger partial charge < -0.3 is 15.0 Å². The van der Waals surface area contributed by atoms with Gasteiger partial charge >= 0.3 is 0 Å². The first-order chi connectivity index (χ1) is 10.1. The second-order valence-corrected chi connectivity index (χ2v) is 5.77. The molecule has 1 amide bonds. The van der Waals surface area contributed by atoms with Crippen molar-refractivity contribution in [1.29, 1.82) is 0 Å². The maximum Gasteiger partial charge on any atom is 0.219 e. The van der Waals surface area contributed by atoms with E-state index in [-0.39, 0.29) is 5.91 Å². The van der Waals surface area contributed by atoms with Gasteiger partial charge in [-0.3, -0.25) is 4.79 Å². The Morgan fingerprint density at radius 3 is 2.71 bits per heavy atom. The summed E-state index contributed by atoms with van der Waals surface area (Å²) in [6.45, 7) is 8.24. The molecule has 0 radical (unpaired) electrons. The van der Waals surface area contributed by atoms with Gasteiger partial charge in [0.25, 0.3) is 0 Å². The lowest BCUT2D eigenvalue weighted by atomic mass is 10.0. The van der Waals surface area contributed by atoms with Gasteiger partial charge in [-0.15, -0.1) is 0 Å². The molecule has 0 aliphatic carbocycles. The van der Waals surface area contributed by atoms with Crippen molar-refractivity contribution in [2.45, 2.75) is 46.1 Å². The van der Waals surface area contributed by atoms with E-state index in [1.165, 1.54) is 5.56 Å². The van der Waals surface area contributed by atoms with Crippen molar-refractivity contribution in [3.63, 3.8) is 0 Å². The summed E-state index contributed by atoms with van der Waals surface area (Å²) < 4.78 is 5.84. The number of likely N-dealkylation sites (tertiary alicyclic amines) is 1. The third kappa shape index (κ3) is 4.38. The van der Waals surface area contributed by atoms with E-state index in [9.17, 15) is 4.79 Å². The van der Waals surface area contributed by atoms with Crippen LogP contribution in [0.3, 0.4) is 0 Å². The average molecular weight is 290 g/mol. The normalized spacial score (nSPS) is 15.9. The Labute approximate surface area is 127 Å². The van der Waals surface area contributed by atoms with Crippen LogP contribution in [-0.4, -0.2) is 36.5 Å². The number of hydrogen-bond donors (Lipinski definition) is 1. The van der Waals surface area contributed by atoms with Crippen molar-refractivity contribution in [3.8, 4) is 5.75 Å². The van der Waals surface area contributed by atoms with Gasteiger partial charge in [-0.2, -0.15) is 0 Å². The summed E-state index contributed by atoms with van der Waals surface area (Å²) in [7, 11) is 0. The van der Waals surface area contributed by atoms with Crippen LogP contribution in [0.1, 0.15) is 38.7 Å². The van der Waals surface area contributed by atoms with Gasteiger partial charge in [-0.25, -0.2) is 0 Å². The maximum absolute atomic E-state index is 11.4. The molecule has 2 rings (SSSR count). The van der Waals surface area contributed by atoms with E-state index in [0.29, 0.717) is 6.04 Å². The van der Waals surface area contributed by atoms with Gasteiger partial charge in [0.1, 0.15) is 5.75 Å². The molecular weight excluding hydrogens is 264 g/mol. The van der Waals surface area contributed by atoms with Crippen LogP contribution in [0.4, 0.5) is 5.69 Å². The number of hydrogen-bond acceptors (Lipinski definition) is 3. The lowest BCUT2D eigenvalue weighted by Gasteiger charge is -2.32. The summed E-state index contributed by atoms with van der Waals surface area (Å²) in [5.74, 6) is 1.11. The van der Waals surface area contributed by atoms with Crippen molar-refractivity contribution < 1.29 is 9.53 Å². The highest BCUT2D eigenvalue weighted by Crippen LogP contribution is 2.28.